The van der Waals surface area contributed by atoms with Crippen LogP contribution in [0.1, 0.15) is 18.1 Å². The van der Waals surface area contributed by atoms with Crippen molar-refractivity contribution in [3.8, 4) is 5.75 Å². The first kappa shape index (κ1) is 17.1. The second kappa shape index (κ2) is 7.87. The van der Waals surface area contributed by atoms with Crippen LogP contribution >= 0.6 is 0 Å². The summed E-state index contributed by atoms with van der Waals surface area (Å²) < 4.78 is 5.08. The number of nitro groups is 1. The lowest BCUT2D eigenvalue weighted by Gasteiger charge is -2.04. The zero-order valence-corrected chi connectivity index (χ0v) is 13.4. The van der Waals surface area contributed by atoms with Crippen LogP contribution in [0.3, 0.4) is 0 Å². The van der Waals surface area contributed by atoms with E-state index < -0.39 is 4.92 Å². The van der Waals surface area contributed by atoms with Crippen molar-refractivity contribution in [2.45, 2.75) is 13.3 Å². The van der Waals surface area contributed by atoms with Crippen molar-refractivity contribution >= 4 is 17.3 Å². The molecule has 0 atom stereocenters. The number of hydrogen-bond acceptors (Lipinski definition) is 5. The molecule has 2 aromatic rings. The van der Waals surface area contributed by atoms with Gasteiger partial charge in [-0.05, 0) is 42.3 Å². The highest BCUT2D eigenvalue weighted by Crippen LogP contribution is 2.13. The van der Waals surface area contributed by atoms with Gasteiger partial charge in [0.15, 0.2) is 0 Å². The van der Waals surface area contributed by atoms with Crippen LogP contribution in [0.5, 0.6) is 5.75 Å². The lowest BCUT2D eigenvalue weighted by Crippen LogP contribution is -2.21. The van der Waals surface area contributed by atoms with Crippen molar-refractivity contribution in [1.82, 2.24) is 5.43 Å². The van der Waals surface area contributed by atoms with E-state index in [1.165, 1.54) is 12.1 Å². The first-order chi connectivity index (χ1) is 11.5. The maximum absolute atomic E-state index is 11.9. The SMILES string of the molecule is COc1ccc(C(C)=NNC(=O)Cc2ccc([N+](=O)[O-])cc2)cc1. The van der Waals surface area contributed by atoms with Crippen LogP contribution in [0.15, 0.2) is 53.6 Å². The number of nitrogens with zero attached hydrogens (tertiary/aromatic N) is 2. The molecular weight excluding hydrogens is 310 g/mol. The van der Waals surface area contributed by atoms with Crippen molar-refractivity contribution in [2.75, 3.05) is 7.11 Å². The number of hydrazone groups is 1. The first-order valence-corrected chi connectivity index (χ1v) is 7.20. The maximum atomic E-state index is 11.9. The fraction of sp³-hybridized carbons (Fsp3) is 0.176. The van der Waals surface area contributed by atoms with E-state index in [0.29, 0.717) is 11.3 Å². The number of ether oxygens (including phenoxy) is 1. The Hall–Kier alpha value is -3.22. The second-order valence-electron chi connectivity index (χ2n) is 5.06. The van der Waals surface area contributed by atoms with Gasteiger partial charge in [-0.25, -0.2) is 5.43 Å². The van der Waals surface area contributed by atoms with E-state index in [9.17, 15) is 14.9 Å². The topological polar surface area (TPSA) is 93.8 Å². The van der Waals surface area contributed by atoms with Gasteiger partial charge in [-0.1, -0.05) is 12.1 Å². The molecule has 2 aromatic carbocycles. The number of amides is 1. The number of nitro benzene ring substituents is 1. The monoisotopic (exact) mass is 327 g/mol. The third-order valence-corrected chi connectivity index (χ3v) is 3.37. The molecule has 124 valence electrons. The number of carbonyl (C=O) groups is 1. The van der Waals surface area contributed by atoms with Gasteiger partial charge >= 0.3 is 0 Å². The normalized spacial score (nSPS) is 11.0. The van der Waals surface area contributed by atoms with Crippen molar-refractivity contribution < 1.29 is 14.5 Å². The van der Waals surface area contributed by atoms with Gasteiger partial charge in [0.2, 0.25) is 5.91 Å². The van der Waals surface area contributed by atoms with E-state index in [1.54, 1.807) is 26.2 Å². The lowest BCUT2D eigenvalue weighted by atomic mass is 10.1. The Morgan fingerprint density at radius 2 is 1.79 bits per heavy atom. The standard InChI is InChI=1S/C17H17N3O4/c1-12(14-5-9-16(24-2)10-6-14)18-19-17(21)11-13-3-7-15(8-4-13)20(22)23/h3-10H,11H2,1-2H3,(H,19,21). The van der Waals surface area contributed by atoms with Gasteiger partial charge in [0.1, 0.15) is 5.75 Å². The van der Waals surface area contributed by atoms with Gasteiger partial charge < -0.3 is 4.74 Å². The molecule has 0 bridgehead atoms. The Kier molecular flexibility index (Phi) is 5.62. The summed E-state index contributed by atoms with van der Waals surface area (Å²) in [6.07, 6.45) is 0.0946. The average molecular weight is 327 g/mol. The summed E-state index contributed by atoms with van der Waals surface area (Å²) in [6.45, 7) is 1.79. The number of non-ortho nitro benzene ring substituents is 1. The number of methoxy groups -OCH3 is 1. The largest absolute Gasteiger partial charge is 0.497 e. The number of hydrogen-bond donors (Lipinski definition) is 1. The molecule has 0 aliphatic rings. The van der Waals surface area contributed by atoms with E-state index in [2.05, 4.69) is 10.5 Å². The zero-order valence-electron chi connectivity index (χ0n) is 13.4. The van der Waals surface area contributed by atoms with E-state index in [1.807, 2.05) is 24.3 Å². The maximum Gasteiger partial charge on any atom is 0.269 e. The van der Waals surface area contributed by atoms with Gasteiger partial charge in [0, 0.05) is 12.1 Å². The number of rotatable bonds is 6. The second-order valence-corrected chi connectivity index (χ2v) is 5.06. The number of nitrogens with one attached hydrogen (secondary N) is 1. The van der Waals surface area contributed by atoms with Crippen LogP contribution in [0.4, 0.5) is 5.69 Å². The predicted octanol–water partition coefficient (Wildman–Crippen LogP) is 2.69. The van der Waals surface area contributed by atoms with Gasteiger partial charge in [0.25, 0.3) is 5.69 Å². The van der Waals surface area contributed by atoms with Gasteiger partial charge in [-0.3, -0.25) is 14.9 Å². The third-order valence-electron chi connectivity index (χ3n) is 3.37. The molecule has 24 heavy (non-hydrogen) atoms. The van der Waals surface area contributed by atoms with E-state index in [4.69, 9.17) is 4.74 Å². The molecule has 2 rings (SSSR count). The molecular formula is C17H17N3O4. The molecule has 0 spiro atoms. The summed E-state index contributed by atoms with van der Waals surface area (Å²) in [4.78, 5) is 22.0. The van der Waals surface area contributed by atoms with Crippen molar-refractivity contribution in [3.63, 3.8) is 0 Å². The summed E-state index contributed by atoms with van der Waals surface area (Å²) in [5.74, 6) is 0.450. The Morgan fingerprint density at radius 1 is 1.17 bits per heavy atom. The van der Waals surface area contributed by atoms with Gasteiger partial charge in [-0.2, -0.15) is 5.10 Å². The Labute approximate surface area is 139 Å². The van der Waals surface area contributed by atoms with Crippen molar-refractivity contribution in [3.05, 3.63) is 69.8 Å². The highest BCUT2D eigenvalue weighted by atomic mass is 16.6. The van der Waals surface area contributed by atoms with Crippen LogP contribution < -0.4 is 10.2 Å². The summed E-state index contributed by atoms with van der Waals surface area (Å²) in [5, 5.41) is 14.6. The fourth-order valence-electron chi connectivity index (χ4n) is 2.00. The number of benzene rings is 2. The molecule has 1 amide bonds. The minimum absolute atomic E-state index is 0.00692. The highest BCUT2D eigenvalue weighted by molar-refractivity contribution is 5.99. The summed E-state index contributed by atoms with van der Waals surface area (Å²) in [6, 6.07) is 13.2. The minimum Gasteiger partial charge on any atom is -0.497 e. The minimum atomic E-state index is -0.480. The molecule has 0 aliphatic carbocycles. The van der Waals surface area contributed by atoms with Crippen LogP contribution in [0.25, 0.3) is 0 Å². The molecule has 0 aromatic heterocycles. The van der Waals surface area contributed by atoms with Crippen LogP contribution in [0, 0.1) is 10.1 Å². The van der Waals surface area contributed by atoms with Gasteiger partial charge in [-0.15, -0.1) is 0 Å². The Balaban J connectivity index is 1.94. The summed E-state index contributed by atoms with van der Waals surface area (Å²) >= 11 is 0. The molecule has 0 unspecified atom stereocenters. The molecule has 0 radical (unpaired) electrons. The van der Waals surface area contributed by atoms with Gasteiger partial charge in [0.05, 0.1) is 24.2 Å². The Bertz CT molecular complexity index is 752. The van der Waals surface area contributed by atoms with E-state index in [-0.39, 0.29) is 18.0 Å². The first-order valence-electron chi connectivity index (χ1n) is 7.20. The van der Waals surface area contributed by atoms with E-state index in [0.717, 1.165) is 11.3 Å². The number of carbonyl (C=O) groups excluding carboxylic acids is 1. The Morgan fingerprint density at radius 3 is 2.33 bits per heavy atom. The van der Waals surface area contributed by atoms with E-state index >= 15 is 0 Å². The molecule has 0 saturated heterocycles. The molecule has 7 nitrogen and oxygen atoms in total. The van der Waals surface area contributed by atoms with Crippen LogP contribution in [-0.2, 0) is 11.2 Å². The van der Waals surface area contributed by atoms with Crippen LogP contribution in [-0.4, -0.2) is 23.7 Å². The fourth-order valence-corrected chi connectivity index (χ4v) is 2.00. The molecule has 0 fully saturated rings. The lowest BCUT2D eigenvalue weighted by molar-refractivity contribution is -0.384. The average Bonchev–Trinajstić information content (AvgIpc) is 2.60. The smallest absolute Gasteiger partial charge is 0.269 e. The molecule has 0 heterocycles. The van der Waals surface area contributed by atoms with Crippen LogP contribution in [0.2, 0.25) is 0 Å². The van der Waals surface area contributed by atoms with Crippen molar-refractivity contribution in [1.29, 1.82) is 0 Å². The third kappa shape index (κ3) is 4.64. The molecule has 1 N–H and O–H groups in total. The highest BCUT2D eigenvalue weighted by Gasteiger charge is 2.07. The molecule has 0 saturated carbocycles. The quantitative estimate of drug-likeness (QED) is 0.501. The summed E-state index contributed by atoms with van der Waals surface area (Å²) in [5.41, 5.74) is 4.68. The molecule has 7 heteroatoms. The molecule has 0 aliphatic heterocycles. The predicted molar refractivity (Wildman–Crippen MR) is 90.1 cm³/mol. The van der Waals surface area contributed by atoms with Crippen molar-refractivity contribution in [2.24, 2.45) is 5.10 Å². The zero-order chi connectivity index (χ0) is 17.5. The summed E-state index contributed by atoms with van der Waals surface area (Å²) in [7, 11) is 1.59.